The molecule has 0 fully saturated rings. The SMILES string of the molecule is C[C@H]1CCn2c(nc3cc(C(F)(F)F)ccc32)C1. The van der Waals surface area contributed by atoms with Crippen molar-refractivity contribution >= 4 is 11.0 Å². The standard InChI is InChI=1S/C13H13F3N2/c1-8-4-5-18-11-3-2-9(13(14,15)16)7-10(11)17-12(18)6-8/h2-3,7-8H,4-6H2,1H3/t8-/m0/s1. The number of alkyl halides is 3. The number of aromatic nitrogens is 2. The third-order valence-electron chi connectivity index (χ3n) is 3.53. The molecule has 0 unspecified atom stereocenters. The molecule has 18 heavy (non-hydrogen) atoms. The minimum atomic E-state index is -4.30. The van der Waals surface area contributed by atoms with Crippen molar-refractivity contribution in [3.05, 3.63) is 29.6 Å². The molecule has 0 spiro atoms. The summed E-state index contributed by atoms with van der Waals surface area (Å²) in [6.07, 6.45) is -2.40. The Morgan fingerprint density at radius 3 is 2.83 bits per heavy atom. The lowest BCUT2D eigenvalue weighted by Crippen LogP contribution is -2.17. The molecule has 0 bridgehead atoms. The van der Waals surface area contributed by atoms with E-state index >= 15 is 0 Å². The van der Waals surface area contributed by atoms with Gasteiger partial charge < -0.3 is 4.57 Å². The van der Waals surface area contributed by atoms with Crippen LogP contribution in [-0.4, -0.2) is 9.55 Å². The van der Waals surface area contributed by atoms with Gasteiger partial charge in [-0.1, -0.05) is 6.92 Å². The molecule has 2 aromatic rings. The summed E-state index contributed by atoms with van der Waals surface area (Å²) in [6.45, 7) is 2.99. The Balaban J connectivity index is 2.14. The van der Waals surface area contributed by atoms with E-state index in [4.69, 9.17) is 0 Å². The summed E-state index contributed by atoms with van der Waals surface area (Å²) in [4.78, 5) is 4.34. The molecule has 5 heteroatoms. The molecule has 0 saturated carbocycles. The Labute approximate surface area is 102 Å². The topological polar surface area (TPSA) is 17.8 Å². The Morgan fingerprint density at radius 1 is 1.33 bits per heavy atom. The zero-order chi connectivity index (χ0) is 12.9. The van der Waals surface area contributed by atoms with E-state index in [2.05, 4.69) is 11.9 Å². The van der Waals surface area contributed by atoms with Crippen LogP contribution >= 0.6 is 0 Å². The van der Waals surface area contributed by atoms with Crippen molar-refractivity contribution in [2.45, 2.75) is 32.5 Å². The lowest BCUT2D eigenvalue weighted by atomic mass is 10.0. The van der Waals surface area contributed by atoms with Gasteiger partial charge in [0, 0.05) is 13.0 Å². The monoisotopic (exact) mass is 254 g/mol. The fourth-order valence-electron chi connectivity index (χ4n) is 2.52. The largest absolute Gasteiger partial charge is 0.416 e. The highest BCUT2D eigenvalue weighted by Crippen LogP contribution is 2.32. The Morgan fingerprint density at radius 2 is 2.11 bits per heavy atom. The van der Waals surface area contributed by atoms with Crippen molar-refractivity contribution in [3.63, 3.8) is 0 Å². The second kappa shape index (κ2) is 3.73. The van der Waals surface area contributed by atoms with Gasteiger partial charge in [0.25, 0.3) is 0 Å². The second-order valence-corrected chi connectivity index (χ2v) is 4.98. The molecule has 0 saturated heterocycles. The molecule has 2 heterocycles. The summed E-state index contributed by atoms with van der Waals surface area (Å²) >= 11 is 0. The quantitative estimate of drug-likeness (QED) is 0.701. The summed E-state index contributed by atoms with van der Waals surface area (Å²) in [5.74, 6) is 1.46. The summed E-state index contributed by atoms with van der Waals surface area (Å²) in [5.41, 5.74) is 0.636. The molecule has 0 N–H and O–H groups in total. The Hall–Kier alpha value is -1.52. The number of nitrogens with zero attached hydrogens (tertiary/aromatic N) is 2. The smallest absolute Gasteiger partial charge is 0.328 e. The number of benzene rings is 1. The van der Waals surface area contributed by atoms with Crippen molar-refractivity contribution in [1.29, 1.82) is 0 Å². The van der Waals surface area contributed by atoms with Gasteiger partial charge in [0.05, 0.1) is 16.6 Å². The van der Waals surface area contributed by atoms with Gasteiger partial charge in [-0.3, -0.25) is 0 Å². The van der Waals surface area contributed by atoms with Crippen molar-refractivity contribution in [1.82, 2.24) is 9.55 Å². The molecule has 96 valence electrons. The van der Waals surface area contributed by atoms with Crippen LogP contribution in [0, 0.1) is 5.92 Å². The lowest BCUT2D eigenvalue weighted by molar-refractivity contribution is -0.137. The van der Waals surface area contributed by atoms with Gasteiger partial charge in [0.2, 0.25) is 0 Å². The van der Waals surface area contributed by atoms with Crippen LogP contribution in [-0.2, 0) is 19.1 Å². The van der Waals surface area contributed by atoms with Crippen LogP contribution in [0.2, 0.25) is 0 Å². The number of halogens is 3. The highest BCUT2D eigenvalue weighted by atomic mass is 19.4. The Kier molecular flexibility index (Phi) is 2.40. The molecule has 1 atom stereocenters. The molecule has 1 aromatic heterocycles. The first kappa shape index (κ1) is 11.6. The third kappa shape index (κ3) is 1.78. The van der Waals surface area contributed by atoms with Crippen molar-refractivity contribution in [2.75, 3.05) is 0 Å². The highest BCUT2D eigenvalue weighted by Gasteiger charge is 2.31. The molecule has 0 radical (unpaired) electrons. The average molecular weight is 254 g/mol. The summed E-state index contributed by atoms with van der Waals surface area (Å²) < 4.78 is 39.9. The van der Waals surface area contributed by atoms with Gasteiger partial charge in [0.1, 0.15) is 5.82 Å². The minimum Gasteiger partial charge on any atom is -0.328 e. The minimum absolute atomic E-state index is 0.453. The normalized spacial score (nSPS) is 20.1. The predicted molar refractivity (Wildman–Crippen MR) is 62.2 cm³/mol. The average Bonchev–Trinajstić information content (AvgIpc) is 2.63. The number of hydrogen-bond acceptors (Lipinski definition) is 1. The molecular formula is C13H13F3N2. The molecule has 1 aromatic carbocycles. The van der Waals surface area contributed by atoms with Crippen molar-refractivity contribution in [2.24, 2.45) is 5.92 Å². The number of aryl methyl sites for hydroxylation is 1. The number of rotatable bonds is 0. The van der Waals surface area contributed by atoms with Crippen LogP contribution < -0.4 is 0 Å². The van der Waals surface area contributed by atoms with E-state index in [0.717, 1.165) is 42.9 Å². The molecular weight excluding hydrogens is 241 g/mol. The summed E-state index contributed by atoms with van der Waals surface area (Å²) in [6, 6.07) is 3.81. The van der Waals surface area contributed by atoms with Gasteiger partial charge in [-0.15, -0.1) is 0 Å². The number of imidazole rings is 1. The third-order valence-corrected chi connectivity index (χ3v) is 3.53. The van der Waals surface area contributed by atoms with Gasteiger partial charge in [-0.25, -0.2) is 4.98 Å². The van der Waals surface area contributed by atoms with E-state index in [9.17, 15) is 13.2 Å². The second-order valence-electron chi connectivity index (χ2n) is 4.98. The van der Waals surface area contributed by atoms with Gasteiger partial charge in [-0.2, -0.15) is 13.2 Å². The van der Waals surface area contributed by atoms with Crippen LogP contribution in [0.1, 0.15) is 24.7 Å². The first-order valence-corrected chi connectivity index (χ1v) is 6.01. The first-order valence-electron chi connectivity index (χ1n) is 6.01. The van der Waals surface area contributed by atoms with E-state index in [1.54, 1.807) is 0 Å². The maximum Gasteiger partial charge on any atom is 0.416 e. The van der Waals surface area contributed by atoms with Crippen LogP contribution in [0.25, 0.3) is 11.0 Å². The molecule has 1 aliphatic heterocycles. The molecule has 1 aliphatic rings. The van der Waals surface area contributed by atoms with Gasteiger partial charge in [-0.05, 0) is 30.5 Å². The number of fused-ring (bicyclic) bond motifs is 3. The maximum atomic E-state index is 12.6. The van der Waals surface area contributed by atoms with E-state index in [1.165, 1.54) is 6.07 Å². The van der Waals surface area contributed by atoms with Crippen LogP contribution in [0.4, 0.5) is 13.2 Å². The lowest BCUT2D eigenvalue weighted by Gasteiger charge is -2.20. The van der Waals surface area contributed by atoms with Gasteiger partial charge >= 0.3 is 6.18 Å². The van der Waals surface area contributed by atoms with Crippen LogP contribution in [0.15, 0.2) is 18.2 Å². The maximum absolute atomic E-state index is 12.6. The van der Waals surface area contributed by atoms with E-state index in [1.807, 2.05) is 4.57 Å². The molecule has 3 rings (SSSR count). The molecule has 0 aliphatic carbocycles. The number of hydrogen-bond donors (Lipinski definition) is 0. The van der Waals surface area contributed by atoms with Crippen molar-refractivity contribution < 1.29 is 13.2 Å². The highest BCUT2D eigenvalue weighted by molar-refractivity contribution is 5.77. The van der Waals surface area contributed by atoms with E-state index < -0.39 is 11.7 Å². The summed E-state index contributed by atoms with van der Waals surface area (Å²) in [7, 11) is 0. The van der Waals surface area contributed by atoms with Crippen molar-refractivity contribution in [3.8, 4) is 0 Å². The zero-order valence-corrected chi connectivity index (χ0v) is 9.96. The Bertz CT molecular complexity index is 598. The fraction of sp³-hybridized carbons (Fsp3) is 0.462. The predicted octanol–water partition coefficient (Wildman–Crippen LogP) is 3.64. The van der Waals surface area contributed by atoms with E-state index in [-0.39, 0.29) is 0 Å². The summed E-state index contributed by atoms with van der Waals surface area (Å²) in [5, 5.41) is 0. The van der Waals surface area contributed by atoms with E-state index in [0.29, 0.717) is 11.4 Å². The molecule has 2 nitrogen and oxygen atoms in total. The molecule has 0 amide bonds. The zero-order valence-electron chi connectivity index (χ0n) is 9.96. The first-order chi connectivity index (χ1) is 8.45. The fourth-order valence-corrected chi connectivity index (χ4v) is 2.52. The van der Waals surface area contributed by atoms with Crippen LogP contribution in [0.3, 0.4) is 0 Å². The van der Waals surface area contributed by atoms with Gasteiger partial charge in [0.15, 0.2) is 0 Å². The van der Waals surface area contributed by atoms with Crippen LogP contribution in [0.5, 0.6) is 0 Å².